The van der Waals surface area contributed by atoms with Crippen LogP contribution in [0.4, 0.5) is 4.39 Å². The van der Waals surface area contributed by atoms with Crippen molar-refractivity contribution in [2.45, 2.75) is 45.9 Å². The lowest BCUT2D eigenvalue weighted by Gasteiger charge is -2.25. The van der Waals surface area contributed by atoms with Gasteiger partial charge in [0, 0.05) is 37.3 Å². The predicted octanol–water partition coefficient (Wildman–Crippen LogP) is 7.82. The fourth-order valence-corrected chi connectivity index (χ4v) is 5.82. The van der Waals surface area contributed by atoms with Crippen molar-refractivity contribution in [2.75, 3.05) is 13.6 Å². The Balaban J connectivity index is 1.31. The number of unbranched alkanes of at least 4 members (excludes halogenated alkanes) is 1. The van der Waals surface area contributed by atoms with Crippen molar-refractivity contribution in [1.29, 1.82) is 0 Å². The lowest BCUT2D eigenvalue weighted by Crippen LogP contribution is -2.24. The van der Waals surface area contributed by atoms with E-state index in [1.54, 1.807) is 0 Å². The Hall–Kier alpha value is -4.82. The van der Waals surface area contributed by atoms with E-state index in [4.69, 9.17) is 23.9 Å². The maximum absolute atomic E-state index is 13.9. The second-order valence-electron chi connectivity index (χ2n) is 11.1. The number of hydrogen-bond acceptors (Lipinski definition) is 6. The first kappa shape index (κ1) is 28.0. The van der Waals surface area contributed by atoms with Crippen molar-refractivity contribution < 1.29 is 23.3 Å². The van der Waals surface area contributed by atoms with E-state index in [-0.39, 0.29) is 19.4 Å². The average Bonchev–Trinajstić information content (AvgIpc) is 3.79. The molecule has 44 heavy (non-hydrogen) atoms. The van der Waals surface area contributed by atoms with Crippen molar-refractivity contribution in [2.24, 2.45) is 0 Å². The molecule has 0 bridgehead atoms. The molecule has 8 heteroatoms. The molecule has 4 aromatic carbocycles. The fourth-order valence-electron chi connectivity index (χ4n) is 5.82. The first-order valence-corrected chi connectivity index (χ1v) is 15.0. The maximum atomic E-state index is 13.9. The Morgan fingerprint density at radius 1 is 0.705 bits per heavy atom. The standard InChI is InChI=1S/C36H34FN3O4/c1-2-3-17-40-30(35(27-7-5-4-6-8-27)38-36(40)28-11-13-29(37)14-12-28)22-39(20-25-9-15-31-33(18-25)43-23-41-31)21-26-10-16-32-34(19-26)44-24-42-32/h4-16,18-19H,2-3,17,20-24H2,1H3. The number of benzene rings is 4. The fraction of sp³-hybridized carbons (Fsp3) is 0.250. The quantitative estimate of drug-likeness (QED) is 0.156. The Bertz CT molecular complexity index is 1690. The number of aromatic nitrogens is 2. The molecule has 7 rings (SSSR count). The van der Waals surface area contributed by atoms with E-state index in [0.29, 0.717) is 19.6 Å². The summed E-state index contributed by atoms with van der Waals surface area (Å²) in [6.45, 7) is 5.45. The van der Waals surface area contributed by atoms with Gasteiger partial charge in [-0.1, -0.05) is 55.8 Å². The molecule has 2 aliphatic rings. The van der Waals surface area contributed by atoms with Crippen LogP contribution in [-0.4, -0.2) is 28.0 Å². The summed E-state index contributed by atoms with van der Waals surface area (Å²) in [5, 5.41) is 0. The van der Waals surface area contributed by atoms with E-state index in [9.17, 15) is 4.39 Å². The second kappa shape index (κ2) is 12.4. The van der Waals surface area contributed by atoms with Crippen LogP contribution in [-0.2, 0) is 26.2 Å². The molecule has 0 spiro atoms. The molecular formula is C36H34FN3O4. The number of ether oxygens (including phenoxy) is 4. The van der Waals surface area contributed by atoms with Crippen LogP contribution in [0.1, 0.15) is 36.6 Å². The SMILES string of the molecule is CCCCn1c(-c2ccc(F)cc2)nc(-c2ccccc2)c1CN(Cc1ccc2c(c1)OCO2)Cc1ccc2c(c1)OCO2. The molecule has 0 saturated heterocycles. The third-order valence-corrected chi connectivity index (χ3v) is 8.02. The molecule has 2 aliphatic heterocycles. The minimum atomic E-state index is -0.262. The highest BCUT2D eigenvalue weighted by atomic mass is 19.1. The monoisotopic (exact) mass is 591 g/mol. The van der Waals surface area contributed by atoms with Crippen molar-refractivity contribution in [3.63, 3.8) is 0 Å². The van der Waals surface area contributed by atoms with Crippen molar-refractivity contribution in [3.8, 4) is 45.6 Å². The molecule has 0 radical (unpaired) electrons. The number of halogens is 1. The molecule has 3 heterocycles. The van der Waals surface area contributed by atoms with Crippen molar-refractivity contribution >= 4 is 0 Å². The van der Waals surface area contributed by atoms with Gasteiger partial charge in [0.1, 0.15) is 11.6 Å². The lowest BCUT2D eigenvalue weighted by molar-refractivity contribution is 0.173. The Morgan fingerprint density at radius 2 is 1.32 bits per heavy atom. The van der Waals surface area contributed by atoms with Gasteiger partial charge in [-0.05, 0) is 66.1 Å². The highest BCUT2D eigenvalue weighted by molar-refractivity contribution is 5.68. The zero-order chi connectivity index (χ0) is 29.9. The maximum Gasteiger partial charge on any atom is 0.231 e. The van der Waals surface area contributed by atoms with Crippen LogP contribution in [0.3, 0.4) is 0 Å². The van der Waals surface area contributed by atoms with Crippen LogP contribution in [0.5, 0.6) is 23.0 Å². The van der Waals surface area contributed by atoms with E-state index in [1.807, 2.05) is 42.5 Å². The molecule has 0 aliphatic carbocycles. The summed E-state index contributed by atoms with van der Waals surface area (Å²) in [6.07, 6.45) is 2.04. The van der Waals surface area contributed by atoms with Gasteiger partial charge in [0.2, 0.25) is 13.6 Å². The summed E-state index contributed by atoms with van der Waals surface area (Å²) in [6, 6.07) is 29.2. The molecule has 1 aromatic heterocycles. The highest BCUT2D eigenvalue weighted by Crippen LogP contribution is 2.36. The summed E-state index contributed by atoms with van der Waals surface area (Å²) in [5.41, 5.74) is 6.23. The summed E-state index contributed by atoms with van der Waals surface area (Å²) in [4.78, 5) is 7.65. The third-order valence-electron chi connectivity index (χ3n) is 8.02. The van der Waals surface area contributed by atoms with Gasteiger partial charge >= 0.3 is 0 Å². The molecule has 0 fully saturated rings. The Morgan fingerprint density at radius 3 is 1.93 bits per heavy atom. The summed E-state index contributed by atoms with van der Waals surface area (Å²) in [7, 11) is 0. The largest absolute Gasteiger partial charge is 0.454 e. The molecular weight excluding hydrogens is 557 g/mol. The molecule has 0 amide bonds. The van der Waals surface area contributed by atoms with Crippen LogP contribution >= 0.6 is 0 Å². The minimum Gasteiger partial charge on any atom is -0.454 e. The predicted molar refractivity (Wildman–Crippen MR) is 166 cm³/mol. The molecule has 0 atom stereocenters. The first-order chi connectivity index (χ1) is 21.6. The average molecular weight is 592 g/mol. The van der Waals surface area contributed by atoms with Crippen LogP contribution in [0.15, 0.2) is 91.0 Å². The number of imidazole rings is 1. The number of nitrogens with zero attached hydrogens (tertiary/aromatic N) is 3. The normalized spacial score (nSPS) is 13.2. The molecule has 5 aromatic rings. The smallest absolute Gasteiger partial charge is 0.231 e. The second-order valence-corrected chi connectivity index (χ2v) is 11.1. The number of fused-ring (bicyclic) bond motifs is 2. The van der Waals surface area contributed by atoms with E-state index < -0.39 is 0 Å². The summed E-state index contributed by atoms with van der Waals surface area (Å²) in [5.74, 6) is 3.65. The first-order valence-electron chi connectivity index (χ1n) is 15.0. The zero-order valence-electron chi connectivity index (χ0n) is 24.7. The Labute approximate surface area is 256 Å². The van der Waals surface area contributed by atoms with E-state index in [1.165, 1.54) is 12.1 Å². The highest BCUT2D eigenvalue weighted by Gasteiger charge is 2.24. The molecule has 0 unspecified atom stereocenters. The molecule has 224 valence electrons. The van der Waals surface area contributed by atoms with Gasteiger partial charge in [-0.25, -0.2) is 9.37 Å². The van der Waals surface area contributed by atoms with Crippen LogP contribution < -0.4 is 18.9 Å². The van der Waals surface area contributed by atoms with E-state index >= 15 is 0 Å². The van der Waals surface area contributed by atoms with Crippen LogP contribution in [0.25, 0.3) is 22.6 Å². The van der Waals surface area contributed by atoms with Crippen LogP contribution in [0, 0.1) is 5.82 Å². The van der Waals surface area contributed by atoms with Gasteiger partial charge in [0.25, 0.3) is 0 Å². The van der Waals surface area contributed by atoms with Gasteiger partial charge in [-0.3, -0.25) is 4.90 Å². The molecule has 0 N–H and O–H groups in total. The summed E-state index contributed by atoms with van der Waals surface area (Å²) >= 11 is 0. The topological polar surface area (TPSA) is 58.0 Å². The Kier molecular flexibility index (Phi) is 7.90. The van der Waals surface area contributed by atoms with Crippen molar-refractivity contribution in [3.05, 3.63) is 114 Å². The zero-order valence-corrected chi connectivity index (χ0v) is 24.7. The minimum absolute atomic E-state index is 0.239. The third kappa shape index (κ3) is 5.85. The van der Waals surface area contributed by atoms with Gasteiger partial charge < -0.3 is 23.5 Å². The van der Waals surface area contributed by atoms with Crippen molar-refractivity contribution in [1.82, 2.24) is 14.5 Å². The van der Waals surface area contributed by atoms with Gasteiger partial charge in [-0.15, -0.1) is 0 Å². The molecule has 0 saturated carbocycles. The van der Waals surface area contributed by atoms with Crippen LogP contribution in [0.2, 0.25) is 0 Å². The lowest BCUT2D eigenvalue weighted by atomic mass is 10.1. The van der Waals surface area contributed by atoms with E-state index in [0.717, 1.165) is 81.9 Å². The van der Waals surface area contributed by atoms with Gasteiger partial charge in [0.15, 0.2) is 23.0 Å². The van der Waals surface area contributed by atoms with Gasteiger partial charge in [0.05, 0.1) is 11.4 Å². The summed E-state index contributed by atoms with van der Waals surface area (Å²) < 4.78 is 38.8. The number of hydrogen-bond donors (Lipinski definition) is 0. The molecule has 7 nitrogen and oxygen atoms in total. The number of rotatable bonds is 11. The van der Waals surface area contributed by atoms with E-state index in [2.05, 4.69) is 52.8 Å². The van der Waals surface area contributed by atoms with Gasteiger partial charge in [-0.2, -0.15) is 0 Å².